The third kappa shape index (κ3) is 6.55. The van der Waals surface area contributed by atoms with Gasteiger partial charge < -0.3 is 19.8 Å². The number of anilines is 1. The normalized spacial score (nSPS) is 15.2. The Labute approximate surface area is 254 Å². The second-order valence-corrected chi connectivity index (χ2v) is 11.2. The lowest BCUT2D eigenvalue weighted by Gasteiger charge is -2.13. The minimum Gasteiger partial charge on any atom is -0.483 e. The van der Waals surface area contributed by atoms with E-state index in [-0.39, 0.29) is 16.7 Å². The van der Waals surface area contributed by atoms with Crippen molar-refractivity contribution in [3.05, 3.63) is 114 Å². The van der Waals surface area contributed by atoms with Crippen molar-refractivity contribution in [3.8, 4) is 17.2 Å². The molecule has 0 saturated carbocycles. The summed E-state index contributed by atoms with van der Waals surface area (Å²) in [6.45, 7) is 1.87. The first kappa shape index (κ1) is 28.9. The van der Waals surface area contributed by atoms with Gasteiger partial charge in [-0.25, -0.2) is 13.8 Å². The molecule has 222 valence electrons. The molecule has 0 aliphatic carbocycles. The number of amides is 3. The molecule has 2 unspecified atom stereocenters. The number of ether oxygens (including phenoxy) is 2. The molecule has 4 aromatic carbocycles. The highest BCUT2D eigenvalue weighted by molar-refractivity contribution is 8.15. The van der Waals surface area contributed by atoms with Gasteiger partial charge in [-0.2, -0.15) is 0 Å². The van der Waals surface area contributed by atoms with E-state index in [1.807, 2.05) is 43.3 Å². The summed E-state index contributed by atoms with van der Waals surface area (Å²) in [4.78, 5) is 43.5. The van der Waals surface area contributed by atoms with Gasteiger partial charge in [0.05, 0.1) is 21.8 Å². The smallest absolute Gasteiger partial charge is 0.286 e. The summed E-state index contributed by atoms with van der Waals surface area (Å²) in [7, 11) is 0. The lowest BCUT2D eigenvalue weighted by molar-refractivity contribution is -0.118. The predicted octanol–water partition coefficient (Wildman–Crippen LogP) is 6.92. The van der Waals surface area contributed by atoms with Crippen molar-refractivity contribution in [2.75, 3.05) is 5.32 Å². The molecule has 1 aromatic heterocycles. The molecule has 5 aromatic rings. The van der Waals surface area contributed by atoms with E-state index < -0.39 is 28.9 Å². The van der Waals surface area contributed by atoms with Crippen LogP contribution in [0.25, 0.3) is 11.0 Å². The monoisotopic (exact) mass is 614 g/mol. The minimum absolute atomic E-state index is 0.262. The van der Waals surface area contributed by atoms with E-state index in [4.69, 9.17) is 9.47 Å². The number of aromatic nitrogens is 2. The van der Waals surface area contributed by atoms with Crippen molar-refractivity contribution < 1.29 is 32.6 Å². The number of hydrogen-bond donors (Lipinski definition) is 3. The Hall–Kier alpha value is -5.23. The number of nitrogens with zero attached hydrogens (tertiary/aromatic N) is 1. The first-order valence-corrected chi connectivity index (χ1v) is 14.4. The summed E-state index contributed by atoms with van der Waals surface area (Å²) in [6, 6.07) is 22.1. The Morgan fingerprint density at radius 1 is 0.955 bits per heavy atom. The van der Waals surface area contributed by atoms with Gasteiger partial charge in [0.25, 0.3) is 11.1 Å². The van der Waals surface area contributed by atoms with E-state index in [1.165, 1.54) is 0 Å². The fourth-order valence-electron chi connectivity index (χ4n) is 4.58. The molecule has 3 N–H and O–H groups in total. The van der Waals surface area contributed by atoms with Gasteiger partial charge in [-0.15, -0.1) is 0 Å². The molecule has 3 amide bonds. The molecular formula is C32H24F2N4O5S. The largest absolute Gasteiger partial charge is 0.483 e. The quantitative estimate of drug-likeness (QED) is 0.165. The molecule has 44 heavy (non-hydrogen) atoms. The zero-order valence-corrected chi connectivity index (χ0v) is 23.9. The van der Waals surface area contributed by atoms with E-state index in [0.29, 0.717) is 41.2 Å². The van der Waals surface area contributed by atoms with Gasteiger partial charge in [0, 0.05) is 17.8 Å². The Balaban J connectivity index is 1.06. The molecule has 0 bridgehead atoms. The minimum atomic E-state index is -0.943. The van der Waals surface area contributed by atoms with Gasteiger partial charge in [0.1, 0.15) is 34.7 Å². The van der Waals surface area contributed by atoms with Crippen molar-refractivity contribution in [3.63, 3.8) is 0 Å². The zero-order valence-electron chi connectivity index (χ0n) is 23.1. The fraction of sp³-hybridized carbons (Fsp3) is 0.125. The number of halogens is 2. The Morgan fingerprint density at radius 3 is 2.39 bits per heavy atom. The summed E-state index contributed by atoms with van der Waals surface area (Å²) >= 11 is 1.00. The molecule has 1 saturated heterocycles. The van der Waals surface area contributed by atoms with Gasteiger partial charge in [-0.1, -0.05) is 23.9 Å². The standard InChI is InChI=1S/C32H24F2N4O5S/c1-17(42-21-7-2-18(3-8-21)14-28-31(40)38-32(41)44-28)29-36-26-13-11-23(16-27(26)37-29)43-22-9-5-20(6-10-22)35-30(39)24-12-4-19(33)15-25(24)34/h2-13,15-17,28H,14H2,1H3,(H,35,39)(H,36,37)(H,38,40,41). The first-order valence-electron chi connectivity index (χ1n) is 13.5. The second kappa shape index (κ2) is 12.2. The van der Waals surface area contributed by atoms with Crippen molar-refractivity contribution in [1.82, 2.24) is 15.3 Å². The molecular weight excluding hydrogens is 590 g/mol. The highest BCUT2D eigenvalue weighted by atomic mass is 32.2. The number of H-pyrrole nitrogens is 1. The maximum absolute atomic E-state index is 13.9. The summed E-state index contributed by atoms with van der Waals surface area (Å²) in [5, 5.41) is 4.13. The highest BCUT2D eigenvalue weighted by Crippen LogP contribution is 2.29. The van der Waals surface area contributed by atoms with E-state index in [9.17, 15) is 23.2 Å². The maximum atomic E-state index is 13.9. The number of carbonyl (C=O) groups is 3. The summed E-state index contributed by atoms with van der Waals surface area (Å²) in [5.41, 5.74) is 2.55. The molecule has 1 aliphatic heterocycles. The van der Waals surface area contributed by atoms with Crippen LogP contribution in [-0.2, 0) is 11.2 Å². The van der Waals surface area contributed by atoms with E-state index in [0.717, 1.165) is 40.5 Å². The third-order valence-electron chi connectivity index (χ3n) is 6.80. The van der Waals surface area contributed by atoms with Gasteiger partial charge in [-0.3, -0.25) is 19.7 Å². The molecule has 0 spiro atoms. The number of fused-ring (bicyclic) bond motifs is 1. The van der Waals surface area contributed by atoms with Crippen molar-refractivity contribution in [2.45, 2.75) is 24.7 Å². The maximum Gasteiger partial charge on any atom is 0.286 e. The lowest BCUT2D eigenvalue weighted by Crippen LogP contribution is -2.25. The van der Waals surface area contributed by atoms with Crippen LogP contribution in [0.15, 0.2) is 84.9 Å². The van der Waals surface area contributed by atoms with Gasteiger partial charge in [0.2, 0.25) is 5.91 Å². The Kier molecular flexibility index (Phi) is 7.99. The Bertz CT molecular complexity index is 1880. The van der Waals surface area contributed by atoms with Crippen LogP contribution in [0.5, 0.6) is 17.2 Å². The van der Waals surface area contributed by atoms with Crippen LogP contribution in [0.3, 0.4) is 0 Å². The Morgan fingerprint density at radius 2 is 1.68 bits per heavy atom. The van der Waals surface area contributed by atoms with Crippen molar-refractivity contribution >= 4 is 45.5 Å². The molecule has 0 radical (unpaired) electrons. The summed E-state index contributed by atoms with van der Waals surface area (Å²) < 4.78 is 39.1. The third-order valence-corrected chi connectivity index (χ3v) is 7.79. The van der Waals surface area contributed by atoms with E-state index in [1.54, 1.807) is 30.3 Å². The number of carbonyl (C=O) groups excluding carboxylic acids is 3. The SMILES string of the molecule is CC(Oc1ccc(CC2SC(=O)NC2=O)cc1)c1nc2ccc(Oc3ccc(NC(=O)c4ccc(F)cc4F)cc3)cc2[nH]1. The van der Waals surface area contributed by atoms with Gasteiger partial charge in [0.15, 0.2) is 6.10 Å². The fourth-order valence-corrected chi connectivity index (χ4v) is 5.44. The average molecular weight is 615 g/mol. The van der Waals surface area contributed by atoms with Crippen LogP contribution in [0.4, 0.5) is 19.3 Å². The first-order chi connectivity index (χ1) is 21.2. The van der Waals surface area contributed by atoms with Gasteiger partial charge in [-0.05, 0) is 79.6 Å². The van der Waals surface area contributed by atoms with Crippen LogP contribution < -0.4 is 20.1 Å². The highest BCUT2D eigenvalue weighted by Gasteiger charge is 2.31. The van der Waals surface area contributed by atoms with Gasteiger partial charge >= 0.3 is 0 Å². The second-order valence-electron chi connectivity index (χ2n) is 10.00. The molecule has 6 rings (SSSR count). The van der Waals surface area contributed by atoms with E-state index >= 15 is 0 Å². The number of benzene rings is 4. The summed E-state index contributed by atoms with van der Waals surface area (Å²) in [5.74, 6) is -0.352. The average Bonchev–Trinajstić information content (AvgIpc) is 3.56. The topological polar surface area (TPSA) is 122 Å². The lowest BCUT2D eigenvalue weighted by atomic mass is 10.1. The van der Waals surface area contributed by atoms with Crippen LogP contribution in [0.1, 0.15) is 34.8 Å². The molecule has 12 heteroatoms. The number of hydrogen-bond acceptors (Lipinski definition) is 7. The molecule has 1 fully saturated rings. The van der Waals surface area contributed by atoms with Crippen LogP contribution in [0.2, 0.25) is 0 Å². The van der Waals surface area contributed by atoms with Crippen LogP contribution in [-0.4, -0.2) is 32.3 Å². The number of aromatic amines is 1. The van der Waals surface area contributed by atoms with E-state index in [2.05, 4.69) is 20.6 Å². The number of rotatable bonds is 9. The number of imidazole rings is 1. The van der Waals surface area contributed by atoms with Crippen LogP contribution >= 0.6 is 11.8 Å². The van der Waals surface area contributed by atoms with Crippen molar-refractivity contribution in [1.29, 1.82) is 0 Å². The number of thioether (sulfide) groups is 1. The number of imide groups is 1. The van der Waals surface area contributed by atoms with Crippen LogP contribution in [0, 0.1) is 11.6 Å². The molecule has 2 atom stereocenters. The van der Waals surface area contributed by atoms with Crippen molar-refractivity contribution in [2.24, 2.45) is 0 Å². The zero-order chi connectivity index (χ0) is 30.8. The molecule has 2 heterocycles. The molecule has 9 nitrogen and oxygen atoms in total. The predicted molar refractivity (Wildman–Crippen MR) is 161 cm³/mol. The summed E-state index contributed by atoms with van der Waals surface area (Å²) in [6.07, 6.45) is 0.0587. The number of nitrogens with one attached hydrogen (secondary N) is 3. The molecule has 1 aliphatic rings.